The van der Waals surface area contributed by atoms with Crippen LogP contribution in [0.25, 0.3) is 0 Å². The first kappa shape index (κ1) is 9.26. The number of rotatable bonds is 2. The van der Waals surface area contributed by atoms with Crippen molar-refractivity contribution in [3.8, 4) is 0 Å². The molecule has 0 aliphatic carbocycles. The van der Waals surface area contributed by atoms with Gasteiger partial charge in [0, 0.05) is 16.1 Å². The summed E-state index contributed by atoms with van der Waals surface area (Å²) in [5, 5.41) is 0. The maximum atomic E-state index is 10.5. The van der Waals surface area contributed by atoms with Crippen LogP contribution in [-0.2, 0) is 4.79 Å². The molecule has 1 aromatic carbocycles. The van der Waals surface area contributed by atoms with Crippen molar-refractivity contribution in [2.75, 3.05) is 5.73 Å². The number of carbonyl (C=O) groups is 1. The Labute approximate surface area is 79.9 Å². The number of hydrogen-bond donors (Lipinski definition) is 1. The van der Waals surface area contributed by atoms with Crippen molar-refractivity contribution in [1.29, 1.82) is 0 Å². The average molecular weight is 228 g/mol. The average Bonchev–Trinajstić information content (AvgIpc) is 2.01. The van der Waals surface area contributed by atoms with Gasteiger partial charge in [-0.15, -0.1) is 0 Å². The van der Waals surface area contributed by atoms with Crippen molar-refractivity contribution in [3.63, 3.8) is 0 Å². The van der Waals surface area contributed by atoms with Gasteiger partial charge in [-0.05, 0) is 23.8 Å². The largest absolute Gasteiger partial charge is 0.399 e. The predicted molar refractivity (Wildman–Crippen MR) is 53.0 cm³/mol. The smallest absolute Gasteiger partial charge is 0.127 e. The molecule has 1 rings (SSSR count). The van der Waals surface area contributed by atoms with Gasteiger partial charge in [0.15, 0.2) is 0 Å². The van der Waals surface area contributed by atoms with Gasteiger partial charge in [-0.25, -0.2) is 0 Å². The Kier molecular flexibility index (Phi) is 2.87. The van der Waals surface area contributed by atoms with Crippen LogP contribution in [-0.4, -0.2) is 6.29 Å². The van der Waals surface area contributed by atoms with E-state index in [4.69, 9.17) is 5.73 Å². The minimum atomic E-state index is -0.0928. The highest BCUT2D eigenvalue weighted by molar-refractivity contribution is 9.10. The van der Waals surface area contributed by atoms with E-state index in [2.05, 4.69) is 15.9 Å². The van der Waals surface area contributed by atoms with E-state index in [1.165, 1.54) is 0 Å². The SMILES string of the molecule is CC(C=O)c1cc(N)cc(Br)c1. The van der Waals surface area contributed by atoms with Crippen LogP contribution in [0.2, 0.25) is 0 Å². The summed E-state index contributed by atoms with van der Waals surface area (Å²) in [6.07, 6.45) is 0.904. The van der Waals surface area contributed by atoms with E-state index in [1.807, 2.05) is 19.1 Å². The fraction of sp³-hybridized carbons (Fsp3) is 0.222. The Bertz CT molecular complexity index is 278. The molecule has 0 amide bonds. The van der Waals surface area contributed by atoms with E-state index >= 15 is 0 Å². The van der Waals surface area contributed by atoms with Gasteiger partial charge in [0.25, 0.3) is 0 Å². The predicted octanol–water partition coefficient (Wildman–Crippen LogP) is 2.33. The van der Waals surface area contributed by atoms with Crippen LogP contribution in [0.5, 0.6) is 0 Å². The molecule has 0 heterocycles. The number of halogens is 1. The van der Waals surface area contributed by atoms with Crippen molar-refractivity contribution < 1.29 is 4.79 Å². The van der Waals surface area contributed by atoms with Crippen LogP contribution >= 0.6 is 15.9 Å². The summed E-state index contributed by atoms with van der Waals surface area (Å²) in [5.74, 6) is -0.0928. The second-order valence-electron chi connectivity index (χ2n) is 2.74. The Morgan fingerprint density at radius 2 is 2.17 bits per heavy atom. The molecule has 1 aromatic rings. The zero-order valence-corrected chi connectivity index (χ0v) is 8.34. The molecule has 0 saturated carbocycles. The normalized spacial score (nSPS) is 12.5. The summed E-state index contributed by atoms with van der Waals surface area (Å²) in [6, 6.07) is 5.51. The Morgan fingerprint density at radius 3 is 2.67 bits per heavy atom. The standard InChI is InChI=1S/C9H10BrNO/c1-6(5-12)7-2-8(10)4-9(11)3-7/h2-6H,11H2,1H3. The third-order valence-corrected chi connectivity index (χ3v) is 2.13. The van der Waals surface area contributed by atoms with Gasteiger partial charge in [0.05, 0.1) is 0 Å². The van der Waals surface area contributed by atoms with Gasteiger partial charge in [-0.3, -0.25) is 0 Å². The topological polar surface area (TPSA) is 43.1 Å². The lowest BCUT2D eigenvalue weighted by molar-refractivity contribution is -0.108. The first-order valence-electron chi connectivity index (χ1n) is 3.64. The quantitative estimate of drug-likeness (QED) is 0.623. The molecule has 2 nitrogen and oxygen atoms in total. The molecule has 1 unspecified atom stereocenters. The molecular formula is C9H10BrNO. The lowest BCUT2D eigenvalue weighted by Gasteiger charge is -2.05. The molecule has 0 spiro atoms. The minimum Gasteiger partial charge on any atom is -0.399 e. The van der Waals surface area contributed by atoms with Crippen LogP contribution in [0.4, 0.5) is 5.69 Å². The molecule has 64 valence electrons. The first-order chi connectivity index (χ1) is 5.63. The highest BCUT2D eigenvalue weighted by atomic mass is 79.9. The molecule has 0 aromatic heterocycles. The summed E-state index contributed by atoms with van der Waals surface area (Å²) in [6.45, 7) is 1.84. The molecule has 1 atom stereocenters. The number of benzene rings is 1. The van der Waals surface area contributed by atoms with E-state index in [0.29, 0.717) is 5.69 Å². The summed E-state index contributed by atoms with van der Waals surface area (Å²) < 4.78 is 0.909. The van der Waals surface area contributed by atoms with Crippen molar-refractivity contribution in [2.24, 2.45) is 0 Å². The molecule has 0 aliphatic heterocycles. The van der Waals surface area contributed by atoms with Crippen LogP contribution in [0, 0.1) is 0 Å². The molecule has 0 fully saturated rings. The Morgan fingerprint density at radius 1 is 1.50 bits per heavy atom. The van der Waals surface area contributed by atoms with E-state index < -0.39 is 0 Å². The summed E-state index contributed by atoms with van der Waals surface area (Å²) in [7, 11) is 0. The molecule has 2 N–H and O–H groups in total. The van der Waals surface area contributed by atoms with Crippen molar-refractivity contribution >= 4 is 27.9 Å². The molecular weight excluding hydrogens is 218 g/mol. The van der Waals surface area contributed by atoms with Gasteiger partial charge in [0.2, 0.25) is 0 Å². The Balaban J connectivity index is 3.08. The second-order valence-corrected chi connectivity index (χ2v) is 3.66. The highest BCUT2D eigenvalue weighted by Crippen LogP contribution is 2.22. The van der Waals surface area contributed by atoms with Gasteiger partial charge >= 0.3 is 0 Å². The molecule has 3 heteroatoms. The molecule has 0 bridgehead atoms. The van der Waals surface area contributed by atoms with E-state index in [-0.39, 0.29) is 5.92 Å². The third kappa shape index (κ3) is 2.08. The van der Waals surface area contributed by atoms with Gasteiger partial charge < -0.3 is 10.5 Å². The number of hydrogen-bond acceptors (Lipinski definition) is 2. The number of carbonyl (C=O) groups excluding carboxylic acids is 1. The van der Waals surface area contributed by atoms with Crippen molar-refractivity contribution in [1.82, 2.24) is 0 Å². The van der Waals surface area contributed by atoms with Gasteiger partial charge in [-0.1, -0.05) is 22.9 Å². The minimum absolute atomic E-state index is 0.0928. The maximum Gasteiger partial charge on any atom is 0.127 e. The number of nitrogen functional groups attached to an aromatic ring is 1. The lowest BCUT2D eigenvalue weighted by atomic mass is 10.0. The summed E-state index contributed by atoms with van der Waals surface area (Å²) in [4.78, 5) is 10.5. The van der Waals surface area contributed by atoms with Gasteiger partial charge in [-0.2, -0.15) is 0 Å². The first-order valence-corrected chi connectivity index (χ1v) is 4.44. The second kappa shape index (κ2) is 3.72. The van der Waals surface area contributed by atoms with Crippen LogP contribution in [0.15, 0.2) is 22.7 Å². The number of aldehydes is 1. The van der Waals surface area contributed by atoms with Crippen molar-refractivity contribution in [3.05, 3.63) is 28.2 Å². The molecule has 0 saturated heterocycles. The molecule has 0 aliphatic rings. The van der Waals surface area contributed by atoms with E-state index in [9.17, 15) is 4.79 Å². The van der Waals surface area contributed by atoms with Crippen molar-refractivity contribution in [2.45, 2.75) is 12.8 Å². The maximum absolute atomic E-state index is 10.5. The zero-order chi connectivity index (χ0) is 9.14. The monoisotopic (exact) mass is 227 g/mol. The summed E-state index contributed by atoms with van der Waals surface area (Å²) in [5.41, 5.74) is 7.22. The molecule has 0 radical (unpaired) electrons. The number of anilines is 1. The zero-order valence-electron chi connectivity index (χ0n) is 6.75. The van der Waals surface area contributed by atoms with Crippen LogP contribution in [0.1, 0.15) is 18.4 Å². The number of nitrogens with two attached hydrogens (primary N) is 1. The molecule has 12 heavy (non-hydrogen) atoms. The third-order valence-electron chi connectivity index (χ3n) is 1.67. The Hall–Kier alpha value is -0.830. The summed E-state index contributed by atoms with van der Waals surface area (Å²) >= 11 is 3.31. The van der Waals surface area contributed by atoms with Crippen LogP contribution in [0.3, 0.4) is 0 Å². The van der Waals surface area contributed by atoms with E-state index in [0.717, 1.165) is 16.3 Å². The highest BCUT2D eigenvalue weighted by Gasteiger charge is 2.04. The van der Waals surface area contributed by atoms with Crippen LogP contribution < -0.4 is 5.73 Å². The fourth-order valence-electron chi connectivity index (χ4n) is 0.977. The van der Waals surface area contributed by atoms with Gasteiger partial charge in [0.1, 0.15) is 6.29 Å². The fourth-order valence-corrected chi connectivity index (χ4v) is 1.51. The van der Waals surface area contributed by atoms with E-state index in [1.54, 1.807) is 6.07 Å². The lowest BCUT2D eigenvalue weighted by Crippen LogP contribution is -1.96.